The monoisotopic (exact) mass is 1320 g/mol. The first-order valence-electron chi connectivity index (χ1n) is 29.4. The molecule has 28 nitrogen and oxygen atoms in total. The second-order valence-corrected chi connectivity index (χ2v) is 24.1. The van der Waals surface area contributed by atoms with Crippen molar-refractivity contribution in [3.8, 4) is 22.6 Å². The van der Waals surface area contributed by atoms with E-state index in [9.17, 15) is 79.2 Å². The van der Waals surface area contributed by atoms with Gasteiger partial charge in [0.25, 0.3) is 35.2 Å². The highest BCUT2D eigenvalue weighted by atomic mass is 32.2. The maximum atomic E-state index is 12.9. The fourth-order valence-corrected chi connectivity index (χ4v) is 11.6. The van der Waals surface area contributed by atoms with Gasteiger partial charge in [-0.05, 0) is 97.1 Å². The molecule has 498 valence electrons. The fraction of sp³-hybridized carbons (Fsp3) is 0.452. The molecule has 2 aromatic heterocycles. The van der Waals surface area contributed by atoms with E-state index in [4.69, 9.17) is 27.8 Å². The number of carboxylic acids is 2. The Labute approximate surface area is 536 Å². The molecule has 0 radical (unpaired) electrons. The lowest BCUT2D eigenvalue weighted by atomic mass is 9.88. The molecule has 6 amide bonds. The van der Waals surface area contributed by atoms with Crippen molar-refractivity contribution >= 4 is 70.9 Å². The highest BCUT2D eigenvalue weighted by Gasteiger charge is 2.57. The van der Waals surface area contributed by atoms with Crippen molar-refractivity contribution in [2.75, 3.05) is 62.4 Å². The average Bonchev–Trinajstić information content (AvgIpc) is 0.905. The molecule has 92 heavy (non-hydrogen) atoms. The Kier molecular flexibility index (Phi) is 26.7. The minimum atomic E-state index is -2.50. The number of carbonyl (C=O) groups excluding carboxylic acids is 6. The second-order valence-electron chi connectivity index (χ2n) is 21.6. The number of benzene rings is 3. The normalized spacial score (nSPS) is 22.6. The van der Waals surface area contributed by atoms with Crippen molar-refractivity contribution in [2.24, 2.45) is 0 Å². The Morgan fingerprint density at radius 3 is 1.16 bits per heavy atom. The fourth-order valence-electron chi connectivity index (χ4n) is 10.1. The molecule has 2 fully saturated rings. The number of aliphatic hydroxyl groups excluding tert-OH is 6. The van der Waals surface area contributed by atoms with Crippen LogP contribution in [0.2, 0.25) is 0 Å². The number of carbonyl (C=O) groups is 8. The quantitative estimate of drug-likeness (QED) is 0.0257. The van der Waals surface area contributed by atoms with Crippen LogP contribution >= 0.6 is 23.5 Å². The standard InChI is InChI=1S/C62H76N6O22S2/c1-35(69)67-49-43(71)31-61(59(81)82,89-53(49)51(75)45(73)33-65-57(79)41-13-9-37(10-14-41)47-7-3-23-85-47)87-25-5-27-91-29-21-63-55(77)39-17-19-40(20-18-39)56(78)64-22-30-92-28-6-26-88-62(60(83)84)32-44(72)50(68-36(2)70)54(90-62)52(76)46(74)34-66-58(80)42-15-11-38(12-16-42)48-8-4-24-86-48/h3-4,7-20,23-24,43-46,49-54,71-76H,5-6,21-22,25-34H2,1-2H3,(H,63,77)(H,64,78)(H,65,79)(H,66,80)(H,67,69)(H,68,70)(H,81,82)(H,83,84)/t43-,44-,45-,46+,49+,50+,51+,52+,53+,54+,61+,62+/m0/s1. The van der Waals surface area contributed by atoms with Gasteiger partial charge in [-0.2, -0.15) is 23.5 Å². The number of thioether (sulfide) groups is 2. The molecular weight excluding hydrogens is 1240 g/mol. The molecule has 4 heterocycles. The van der Waals surface area contributed by atoms with Gasteiger partial charge >= 0.3 is 11.9 Å². The number of aliphatic hydroxyl groups is 6. The van der Waals surface area contributed by atoms with E-state index in [1.165, 1.54) is 84.6 Å². The van der Waals surface area contributed by atoms with Crippen LogP contribution in [0, 0.1) is 0 Å². The van der Waals surface area contributed by atoms with Crippen LogP contribution in [0.4, 0.5) is 0 Å². The van der Waals surface area contributed by atoms with Crippen LogP contribution < -0.4 is 31.9 Å². The second kappa shape index (κ2) is 34.3. The third-order valence-electron chi connectivity index (χ3n) is 14.9. The van der Waals surface area contributed by atoms with E-state index in [-0.39, 0.29) is 50.3 Å². The molecule has 2 aliphatic heterocycles. The minimum Gasteiger partial charge on any atom is -0.477 e. The Balaban J connectivity index is 0.771. The predicted octanol–water partition coefficient (Wildman–Crippen LogP) is 1.12. The topological polar surface area (TPSA) is 434 Å². The zero-order chi connectivity index (χ0) is 66.5. The van der Waals surface area contributed by atoms with Gasteiger partial charge in [-0.25, -0.2) is 9.59 Å². The average molecular weight is 1320 g/mol. The van der Waals surface area contributed by atoms with E-state index in [1.54, 1.807) is 48.5 Å². The van der Waals surface area contributed by atoms with E-state index in [0.717, 1.165) is 25.0 Å². The number of amides is 6. The number of hydrogen-bond donors (Lipinski definition) is 14. The third-order valence-corrected chi connectivity index (χ3v) is 17.0. The van der Waals surface area contributed by atoms with Crippen LogP contribution in [0.5, 0.6) is 0 Å². The van der Waals surface area contributed by atoms with Crippen molar-refractivity contribution in [3.05, 3.63) is 132 Å². The molecule has 0 saturated carbocycles. The summed E-state index contributed by atoms with van der Waals surface area (Å²) in [5, 5.41) is 103. The summed E-state index contributed by atoms with van der Waals surface area (Å²) in [6.45, 7) is 1.36. The Hall–Kier alpha value is -7.72. The molecule has 3 aromatic carbocycles. The van der Waals surface area contributed by atoms with Gasteiger partial charge in [0.15, 0.2) is 0 Å². The Bertz CT molecular complexity index is 3020. The number of rotatable bonds is 34. The minimum absolute atomic E-state index is 0.189. The van der Waals surface area contributed by atoms with Gasteiger partial charge in [0, 0.05) is 97.8 Å². The lowest BCUT2D eigenvalue weighted by Gasteiger charge is -2.46. The van der Waals surface area contributed by atoms with Crippen LogP contribution in [-0.2, 0) is 38.1 Å². The van der Waals surface area contributed by atoms with Crippen molar-refractivity contribution in [2.45, 2.75) is 112 Å². The number of nitrogens with one attached hydrogen (secondary N) is 6. The molecule has 5 aromatic rings. The summed E-state index contributed by atoms with van der Waals surface area (Å²) in [6.07, 6.45) is -11.8. The van der Waals surface area contributed by atoms with Crippen LogP contribution in [0.1, 0.15) is 81.0 Å². The number of aliphatic carboxylic acids is 2. The molecular formula is C62H76N6O22S2. The van der Waals surface area contributed by atoms with E-state index < -0.39 is 146 Å². The first-order valence-corrected chi connectivity index (χ1v) is 31.7. The number of carboxylic acid groups (broad SMARTS) is 2. The number of furan rings is 2. The Morgan fingerprint density at radius 1 is 0.511 bits per heavy atom. The van der Waals surface area contributed by atoms with Crippen LogP contribution in [0.15, 0.2) is 118 Å². The molecule has 0 bridgehead atoms. The van der Waals surface area contributed by atoms with Crippen molar-refractivity contribution < 1.29 is 107 Å². The highest BCUT2D eigenvalue weighted by molar-refractivity contribution is 7.99. The summed E-state index contributed by atoms with van der Waals surface area (Å²) in [7, 11) is 0. The number of hydrogen-bond acceptors (Lipinski definition) is 22. The summed E-state index contributed by atoms with van der Waals surface area (Å²) in [5.41, 5.74) is 2.48. The molecule has 30 heteroatoms. The van der Waals surface area contributed by atoms with Crippen molar-refractivity contribution in [3.63, 3.8) is 0 Å². The van der Waals surface area contributed by atoms with Crippen molar-refractivity contribution in [1.82, 2.24) is 31.9 Å². The smallest absolute Gasteiger partial charge is 0.364 e. The van der Waals surface area contributed by atoms with Gasteiger partial charge in [0.2, 0.25) is 11.8 Å². The van der Waals surface area contributed by atoms with Crippen LogP contribution in [0.25, 0.3) is 22.6 Å². The van der Waals surface area contributed by atoms with E-state index in [1.807, 2.05) is 0 Å². The van der Waals surface area contributed by atoms with Gasteiger partial charge in [-0.1, -0.05) is 24.3 Å². The first-order chi connectivity index (χ1) is 44.0. The lowest BCUT2D eigenvalue weighted by Crippen LogP contribution is -2.68. The molecule has 12 atom stereocenters. The SMILES string of the molecule is CC(=O)N[C@H]1[C@H]([C@H](O)[C@H](O)CNC(=O)c2ccc(-c3ccco3)cc2)O[C@@](OCCCSCCNC(=O)c2ccc(C(=O)NCCSCCCO[C@]3(C(=O)O)C[C@H](O)[C@@H](NC(C)=O)[C@H]([C@H](O)[C@@H](O)CNC(=O)c4ccc(-c5ccco5)cc4)O3)cc2)(C(=O)O)C[C@@H]1O. The van der Waals surface area contributed by atoms with Gasteiger partial charge in [-0.15, -0.1) is 0 Å². The van der Waals surface area contributed by atoms with Gasteiger partial charge in [0.05, 0.1) is 62.2 Å². The van der Waals surface area contributed by atoms with Crippen molar-refractivity contribution in [1.29, 1.82) is 0 Å². The molecule has 0 spiro atoms. The summed E-state index contributed by atoms with van der Waals surface area (Å²) < 4.78 is 33.8. The third kappa shape index (κ3) is 19.7. The zero-order valence-corrected chi connectivity index (χ0v) is 51.8. The summed E-state index contributed by atoms with van der Waals surface area (Å²) in [5.74, 6) is -8.58. The summed E-state index contributed by atoms with van der Waals surface area (Å²) in [6, 6.07) is 22.9. The first kappa shape index (κ1) is 71.7. The number of ether oxygens (including phenoxy) is 4. The van der Waals surface area contributed by atoms with E-state index >= 15 is 0 Å². The maximum absolute atomic E-state index is 12.9. The molecule has 2 saturated heterocycles. The molecule has 2 aliphatic rings. The van der Waals surface area contributed by atoms with E-state index in [2.05, 4.69) is 31.9 Å². The molecule has 0 unspecified atom stereocenters. The maximum Gasteiger partial charge on any atom is 0.364 e. The molecule has 14 N–H and O–H groups in total. The summed E-state index contributed by atoms with van der Waals surface area (Å²) in [4.78, 5) is 101. The van der Waals surface area contributed by atoms with Gasteiger partial charge in [-0.3, -0.25) is 28.8 Å². The van der Waals surface area contributed by atoms with Gasteiger partial charge in [0.1, 0.15) is 35.9 Å². The predicted molar refractivity (Wildman–Crippen MR) is 331 cm³/mol. The molecule has 0 aliphatic carbocycles. The van der Waals surface area contributed by atoms with Crippen LogP contribution in [-0.4, -0.2) is 223 Å². The summed E-state index contributed by atoms with van der Waals surface area (Å²) >= 11 is 2.83. The largest absolute Gasteiger partial charge is 0.477 e. The van der Waals surface area contributed by atoms with Gasteiger partial charge < -0.3 is 101 Å². The highest BCUT2D eigenvalue weighted by Crippen LogP contribution is 2.36. The van der Waals surface area contributed by atoms with E-state index in [0.29, 0.717) is 45.7 Å². The Morgan fingerprint density at radius 2 is 0.848 bits per heavy atom. The van der Waals surface area contributed by atoms with Crippen LogP contribution in [0.3, 0.4) is 0 Å². The zero-order valence-electron chi connectivity index (χ0n) is 50.2. The lowest BCUT2D eigenvalue weighted by molar-refractivity contribution is -0.310. The molecule has 7 rings (SSSR count).